The average Bonchev–Trinajstić information content (AvgIpc) is 3.35. The van der Waals surface area contributed by atoms with Gasteiger partial charge in [0.15, 0.2) is 11.2 Å². The molecule has 4 aromatic rings. The molecule has 29 heavy (non-hydrogen) atoms. The van der Waals surface area contributed by atoms with Crippen molar-refractivity contribution in [1.29, 1.82) is 0 Å². The van der Waals surface area contributed by atoms with Crippen molar-refractivity contribution in [2.75, 3.05) is 13.2 Å². The van der Waals surface area contributed by atoms with E-state index >= 15 is 0 Å². The van der Waals surface area contributed by atoms with Crippen LogP contribution in [0.3, 0.4) is 0 Å². The van der Waals surface area contributed by atoms with Crippen molar-refractivity contribution < 1.29 is 19.7 Å². The molecule has 3 heterocycles. The van der Waals surface area contributed by atoms with Crippen molar-refractivity contribution in [3.8, 4) is 11.7 Å². The van der Waals surface area contributed by atoms with Crippen molar-refractivity contribution in [2.45, 2.75) is 6.54 Å². The van der Waals surface area contributed by atoms with Crippen LogP contribution in [0.5, 0.6) is 5.75 Å². The fraction of sp³-hybridized carbons (Fsp3) is 0.167. The Morgan fingerprint density at radius 1 is 1.24 bits per heavy atom. The van der Waals surface area contributed by atoms with E-state index in [9.17, 15) is 9.59 Å². The van der Waals surface area contributed by atoms with Crippen LogP contribution in [0.25, 0.3) is 17.1 Å². The van der Waals surface area contributed by atoms with E-state index in [1.54, 1.807) is 16.7 Å². The summed E-state index contributed by atoms with van der Waals surface area (Å²) in [6.07, 6.45) is 3.93. The average molecular weight is 396 g/mol. The SMILES string of the molecule is O=C(O)c1cnn(-c2nc3ncn(Cc4ccc(OCCO)cc4)c3c(=O)[nH]2)c1. The molecule has 0 amide bonds. The molecule has 3 N–H and O–H groups in total. The maximum Gasteiger partial charge on any atom is 0.338 e. The first kappa shape index (κ1) is 18.4. The minimum absolute atomic E-state index is 0.0234. The number of aromatic amines is 1. The van der Waals surface area contributed by atoms with Crippen LogP contribution in [-0.2, 0) is 6.54 Å². The van der Waals surface area contributed by atoms with Gasteiger partial charge in [-0.05, 0) is 17.7 Å². The van der Waals surface area contributed by atoms with E-state index in [4.69, 9.17) is 14.9 Å². The van der Waals surface area contributed by atoms with Crippen LogP contribution in [0.1, 0.15) is 15.9 Å². The van der Waals surface area contributed by atoms with E-state index < -0.39 is 11.5 Å². The van der Waals surface area contributed by atoms with E-state index in [1.807, 2.05) is 12.1 Å². The Morgan fingerprint density at radius 2 is 2.03 bits per heavy atom. The highest BCUT2D eigenvalue weighted by molar-refractivity contribution is 5.86. The molecule has 11 heteroatoms. The predicted molar refractivity (Wildman–Crippen MR) is 100 cm³/mol. The van der Waals surface area contributed by atoms with Gasteiger partial charge in [0, 0.05) is 12.7 Å². The second-order valence-electron chi connectivity index (χ2n) is 6.13. The molecule has 0 aliphatic rings. The predicted octanol–water partition coefficient (Wildman–Crippen LogP) is 0.423. The molecular weight excluding hydrogens is 380 g/mol. The van der Waals surface area contributed by atoms with E-state index in [-0.39, 0.29) is 30.4 Å². The summed E-state index contributed by atoms with van der Waals surface area (Å²) in [5.41, 5.74) is 0.990. The van der Waals surface area contributed by atoms with Gasteiger partial charge in [-0.25, -0.2) is 14.5 Å². The molecule has 0 spiro atoms. The van der Waals surface area contributed by atoms with Crippen molar-refractivity contribution >= 4 is 17.1 Å². The normalized spacial score (nSPS) is 11.1. The van der Waals surface area contributed by atoms with Crippen molar-refractivity contribution in [3.05, 3.63) is 64.5 Å². The first-order valence-corrected chi connectivity index (χ1v) is 8.61. The van der Waals surface area contributed by atoms with Gasteiger partial charge >= 0.3 is 5.97 Å². The number of fused-ring (bicyclic) bond motifs is 1. The van der Waals surface area contributed by atoms with Gasteiger partial charge in [0.1, 0.15) is 12.4 Å². The Labute approximate surface area is 162 Å². The number of ether oxygens (including phenoxy) is 1. The zero-order chi connectivity index (χ0) is 20.4. The standard InChI is InChI=1S/C18H16N6O5/c25-5-6-29-13-3-1-11(2-4-13)8-23-10-19-15-14(23)16(26)22-18(21-15)24-9-12(7-20-24)17(27)28/h1-4,7,9-10,25H,5-6,8H2,(H,27,28)(H,21,22,26). The van der Waals surface area contributed by atoms with E-state index in [1.165, 1.54) is 23.4 Å². The van der Waals surface area contributed by atoms with E-state index in [0.29, 0.717) is 17.8 Å². The van der Waals surface area contributed by atoms with Crippen LogP contribution in [0.2, 0.25) is 0 Å². The molecule has 0 radical (unpaired) electrons. The summed E-state index contributed by atoms with van der Waals surface area (Å²) >= 11 is 0. The molecule has 0 atom stereocenters. The van der Waals surface area contributed by atoms with Crippen LogP contribution in [0, 0.1) is 0 Å². The minimum Gasteiger partial charge on any atom is -0.491 e. The lowest BCUT2D eigenvalue weighted by Crippen LogP contribution is -2.16. The first-order valence-electron chi connectivity index (χ1n) is 8.61. The number of hydrogen-bond acceptors (Lipinski definition) is 7. The Kier molecular flexibility index (Phi) is 4.79. The van der Waals surface area contributed by atoms with Crippen LogP contribution in [0.15, 0.2) is 47.8 Å². The zero-order valence-electron chi connectivity index (χ0n) is 15.0. The fourth-order valence-corrected chi connectivity index (χ4v) is 2.80. The third-order valence-corrected chi connectivity index (χ3v) is 4.15. The smallest absolute Gasteiger partial charge is 0.338 e. The molecule has 0 aliphatic carbocycles. The van der Waals surface area contributed by atoms with Crippen LogP contribution >= 0.6 is 0 Å². The number of aromatic nitrogens is 6. The van der Waals surface area contributed by atoms with Gasteiger partial charge in [-0.1, -0.05) is 12.1 Å². The Morgan fingerprint density at radius 3 is 2.72 bits per heavy atom. The van der Waals surface area contributed by atoms with Crippen molar-refractivity contribution in [1.82, 2.24) is 29.3 Å². The van der Waals surface area contributed by atoms with E-state index in [2.05, 4.69) is 20.1 Å². The van der Waals surface area contributed by atoms with E-state index in [0.717, 1.165) is 5.56 Å². The summed E-state index contributed by atoms with van der Waals surface area (Å²) in [5.74, 6) is -0.412. The summed E-state index contributed by atoms with van der Waals surface area (Å²) < 4.78 is 8.17. The molecule has 0 unspecified atom stereocenters. The molecule has 148 valence electrons. The van der Waals surface area contributed by atoms with Crippen LogP contribution in [0.4, 0.5) is 0 Å². The second kappa shape index (κ2) is 7.56. The maximum absolute atomic E-state index is 12.6. The number of H-pyrrole nitrogens is 1. The molecule has 3 aromatic heterocycles. The third kappa shape index (κ3) is 3.71. The highest BCUT2D eigenvalue weighted by Gasteiger charge is 2.14. The topological polar surface area (TPSA) is 148 Å². The molecule has 0 aliphatic heterocycles. The minimum atomic E-state index is -1.13. The summed E-state index contributed by atoms with van der Waals surface area (Å²) in [6.45, 7) is 0.557. The van der Waals surface area contributed by atoms with Gasteiger partial charge in [-0.2, -0.15) is 10.1 Å². The third-order valence-electron chi connectivity index (χ3n) is 4.15. The largest absolute Gasteiger partial charge is 0.491 e. The van der Waals surface area contributed by atoms with Crippen LogP contribution < -0.4 is 10.3 Å². The molecule has 0 saturated carbocycles. The molecule has 4 rings (SSSR count). The number of nitrogens with zero attached hydrogens (tertiary/aromatic N) is 5. The second-order valence-corrected chi connectivity index (χ2v) is 6.13. The number of carboxylic acids is 1. The molecular formula is C18H16N6O5. The quantitative estimate of drug-likeness (QED) is 0.407. The maximum atomic E-state index is 12.6. The number of rotatable bonds is 7. The summed E-state index contributed by atoms with van der Waals surface area (Å²) in [5, 5.41) is 21.7. The molecule has 0 saturated heterocycles. The summed E-state index contributed by atoms with van der Waals surface area (Å²) in [6, 6.07) is 7.27. The van der Waals surface area contributed by atoms with Gasteiger partial charge in [0.2, 0.25) is 5.95 Å². The lowest BCUT2D eigenvalue weighted by Gasteiger charge is -2.07. The highest BCUT2D eigenvalue weighted by atomic mass is 16.5. The Balaban J connectivity index is 1.62. The van der Waals surface area contributed by atoms with Gasteiger partial charge in [0.25, 0.3) is 5.56 Å². The first-order chi connectivity index (χ1) is 14.0. The summed E-state index contributed by atoms with van der Waals surface area (Å²) in [4.78, 5) is 34.6. The summed E-state index contributed by atoms with van der Waals surface area (Å²) in [7, 11) is 0. The lowest BCUT2D eigenvalue weighted by molar-refractivity contribution is 0.0697. The number of carbonyl (C=O) groups is 1. The van der Waals surface area contributed by atoms with Gasteiger partial charge < -0.3 is 19.5 Å². The number of imidazole rings is 1. The van der Waals surface area contributed by atoms with Crippen molar-refractivity contribution in [2.24, 2.45) is 0 Å². The number of aliphatic hydroxyl groups excluding tert-OH is 1. The fourth-order valence-electron chi connectivity index (χ4n) is 2.80. The Hall–Kier alpha value is -3.99. The van der Waals surface area contributed by atoms with Crippen molar-refractivity contribution in [3.63, 3.8) is 0 Å². The zero-order valence-corrected chi connectivity index (χ0v) is 15.0. The molecule has 0 bridgehead atoms. The number of aromatic carboxylic acids is 1. The Bertz CT molecular complexity index is 1220. The van der Waals surface area contributed by atoms with Crippen LogP contribution in [-0.4, -0.2) is 58.7 Å². The van der Waals surface area contributed by atoms with Gasteiger partial charge in [-0.3, -0.25) is 9.78 Å². The number of benzene rings is 1. The highest BCUT2D eigenvalue weighted by Crippen LogP contribution is 2.15. The lowest BCUT2D eigenvalue weighted by atomic mass is 10.2. The monoisotopic (exact) mass is 396 g/mol. The number of nitrogens with one attached hydrogen (secondary N) is 1. The van der Waals surface area contributed by atoms with Gasteiger partial charge in [0.05, 0.1) is 24.7 Å². The molecule has 1 aromatic carbocycles. The number of aliphatic hydroxyl groups is 1. The molecule has 11 nitrogen and oxygen atoms in total. The van der Waals surface area contributed by atoms with Gasteiger partial charge in [-0.15, -0.1) is 0 Å². The molecule has 0 fully saturated rings. The number of carboxylic acid groups (broad SMARTS) is 1. The number of hydrogen-bond donors (Lipinski definition) is 3.